The van der Waals surface area contributed by atoms with Crippen LogP contribution in [0.15, 0.2) is 0 Å². The second-order valence-corrected chi connectivity index (χ2v) is 7.74. The summed E-state index contributed by atoms with van der Waals surface area (Å²) in [5.74, 6) is 1.85. The zero-order chi connectivity index (χ0) is 13.9. The maximum atomic E-state index is 3.83. The van der Waals surface area contributed by atoms with Crippen LogP contribution in [0.5, 0.6) is 0 Å². The highest BCUT2D eigenvalue weighted by Gasteiger charge is 2.41. The van der Waals surface area contributed by atoms with Gasteiger partial charge in [0.1, 0.15) is 0 Å². The Morgan fingerprint density at radius 1 is 1.16 bits per heavy atom. The molecule has 0 aliphatic heterocycles. The van der Waals surface area contributed by atoms with Gasteiger partial charge in [-0.1, -0.05) is 27.2 Å². The fourth-order valence-corrected chi connectivity index (χ4v) is 4.05. The summed E-state index contributed by atoms with van der Waals surface area (Å²) in [6.07, 6.45) is 8.45. The summed E-state index contributed by atoms with van der Waals surface area (Å²) in [7, 11) is 2.33. The predicted molar refractivity (Wildman–Crippen MR) is 83.4 cm³/mol. The standard InChI is InChI=1S/C17H34N2/c1-5-11-18-16-15(9-10-17(16,2)3)13-19(4)12-14-7-6-8-14/h14-16,18H,5-13H2,1-4H3. The number of hydrogen-bond acceptors (Lipinski definition) is 2. The number of rotatable bonds is 7. The van der Waals surface area contributed by atoms with Crippen molar-refractivity contribution in [1.29, 1.82) is 0 Å². The summed E-state index contributed by atoms with van der Waals surface area (Å²) < 4.78 is 0. The molecule has 2 atom stereocenters. The Morgan fingerprint density at radius 2 is 1.89 bits per heavy atom. The lowest BCUT2D eigenvalue weighted by Gasteiger charge is -2.35. The first-order chi connectivity index (χ1) is 9.03. The van der Waals surface area contributed by atoms with Crippen molar-refractivity contribution in [3.63, 3.8) is 0 Å². The van der Waals surface area contributed by atoms with E-state index in [2.05, 4.69) is 38.0 Å². The molecular formula is C17H34N2. The summed E-state index contributed by atoms with van der Waals surface area (Å²) in [6, 6.07) is 0.719. The summed E-state index contributed by atoms with van der Waals surface area (Å²) in [5, 5.41) is 3.83. The van der Waals surface area contributed by atoms with Gasteiger partial charge in [-0.2, -0.15) is 0 Å². The van der Waals surface area contributed by atoms with Gasteiger partial charge < -0.3 is 10.2 Å². The van der Waals surface area contributed by atoms with Crippen LogP contribution < -0.4 is 5.32 Å². The molecule has 112 valence electrons. The van der Waals surface area contributed by atoms with Crippen LogP contribution >= 0.6 is 0 Å². The minimum Gasteiger partial charge on any atom is -0.313 e. The Labute approximate surface area is 120 Å². The van der Waals surface area contributed by atoms with Gasteiger partial charge in [-0.25, -0.2) is 0 Å². The maximum Gasteiger partial charge on any atom is 0.0159 e. The van der Waals surface area contributed by atoms with Crippen molar-refractivity contribution in [1.82, 2.24) is 10.2 Å². The van der Waals surface area contributed by atoms with Crippen LogP contribution in [0, 0.1) is 17.3 Å². The molecule has 0 aromatic rings. The van der Waals surface area contributed by atoms with Gasteiger partial charge in [0.05, 0.1) is 0 Å². The molecule has 0 aromatic carbocycles. The van der Waals surface area contributed by atoms with Gasteiger partial charge >= 0.3 is 0 Å². The lowest BCUT2D eigenvalue weighted by atomic mass is 9.83. The first-order valence-electron chi connectivity index (χ1n) is 8.45. The molecule has 2 aliphatic carbocycles. The minimum absolute atomic E-state index is 0.483. The van der Waals surface area contributed by atoms with E-state index in [0.29, 0.717) is 5.41 Å². The third kappa shape index (κ3) is 3.95. The van der Waals surface area contributed by atoms with Crippen molar-refractivity contribution in [2.24, 2.45) is 17.3 Å². The van der Waals surface area contributed by atoms with Gasteiger partial charge in [-0.15, -0.1) is 0 Å². The molecule has 2 unspecified atom stereocenters. The number of nitrogens with one attached hydrogen (secondary N) is 1. The average molecular weight is 266 g/mol. The molecule has 1 N–H and O–H groups in total. The largest absolute Gasteiger partial charge is 0.313 e. The van der Waals surface area contributed by atoms with Crippen LogP contribution in [-0.2, 0) is 0 Å². The van der Waals surface area contributed by atoms with Crippen LogP contribution in [0.1, 0.15) is 59.3 Å². The minimum atomic E-state index is 0.483. The second kappa shape index (κ2) is 6.58. The van der Waals surface area contributed by atoms with Crippen LogP contribution in [0.25, 0.3) is 0 Å². The molecule has 19 heavy (non-hydrogen) atoms. The molecule has 2 rings (SSSR count). The SMILES string of the molecule is CCCNC1C(CN(C)CC2CCC2)CCC1(C)C. The maximum absolute atomic E-state index is 3.83. The number of hydrogen-bond donors (Lipinski definition) is 1. The van der Waals surface area contributed by atoms with Crippen molar-refractivity contribution < 1.29 is 0 Å². The van der Waals surface area contributed by atoms with E-state index in [9.17, 15) is 0 Å². The van der Waals surface area contributed by atoms with Gasteiger partial charge in [0.15, 0.2) is 0 Å². The molecule has 0 heterocycles. The van der Waals surface area contributed by atoms with E-state index in [1.807, 2.05) is 0 Å². The summed E-state index contributed by atoms with van der Waals surface area (Å²) in [4.78, 5) is 2.61. The van der Waals surface area contributed by atoms with E-state index < -0.39 is 0 Å². The van der Waals surface area contributed by atoms with Crippen molar-refractivity contribution in [3.05, 3.63) is 0 Å². The Kier molecular flexibility index (Phi) is 5.30. The Bertz CT molecular complexity index is 270. The van der Waals surface area contributed by atoms with E-state index in [0.717, 1.165) is 17.9 Å². The Morgan fingerprint density at radius 3 is 2.47 bits per heavy atom. The Hall–Kier alpha value is -0.0800. The lowest BCUT2D eigenvalue weighted by Crippen LogP contribution is -2.46. The summed E-state index contributed by atoms with van der Waals surface area (Å²) in [6.45, 7) is 11.0. The normalized spacial score (nSPS) is 30.8. The quantitative estimate of drug-likeness (QED) is 0.758. The smallest absolute Gasteiger partial charge is 0.0159 e. The molecule has 0 saturated heterocycles. The number of nitrogens with zero attached hydrogens (tertiary/aromatic N) is 1. The molecule has 2 aliphatic rings. The summed E-state index contributed by atoms with van der Waals surface area (Å²) in [5.41, 5.74) is 0.483. The van der Waals surface area contributed by atoms with Crippen molar-refractivity contribution in [2.45, 2.75) is 65.3 Å². The highest BCUT2D eigenvalue weighted by Crippen LogP contribution is 2.41. The molecular weight excluding hydrogens is 232 g/mol. The highest BCUT2D eigenvalue weighted by molar-refractivity contribution is 4.97. The molecule has 2 nitrogen and oxygen atoms in total. The fourth-order valence-electron chi connectivity index (χ4n) is 4.05. The van der Waals surface area contributed by atoms with Crippen LogP contribution in [-0.4, -0.2) is 37.6 Å². The second-order valence-electron chi connectivity index (χ2n) is 7.74. The monoisotopic (exact) mass is 266 g/mol. The summed E-state index contributed by atoms with van der Waals surface area (Å²) >= 11 is 0. The van der Waals surface area contributed by atoms with E-state index in [1.54, 1.807) is 0 Å². The van der Waals surface area contributed by atoms with E-state index in [4.69, 9.17) is 0 Å². The molecule has 0 amide bonds. The Balaban J connectivity index is 1.82. The van der Waals surface area contributed by atoms with Crippen LogP contribution in [0.2, 0.25) is 0 Å². The zero-order valence-corrected chi connectivity index (χ0v) is 13.5. The topological polar surface area (TPSA) is 15.3 Å². The molecule has 0 radical (unpaired) electrons. The van der Waals surface area contributed by atoms with Gasteiger partial charge in [0, 0.05) is 19.1 Å². The highest BCUT2D eigenvalue weighted by atomic mass is 15.1. The van der Waals surface area contributed by atoms with Crippen molar-refractivity contribution in [3.8, 4) is 0 Å². The van der Waals surface area contributed by atoms with E-state index >= 15 is 0 Å². The lowest BCUT2D eigenvalue weighted by molar-refractivity contribution is 0.162. The van der Waals surface area contributed by atoms with Crippen LogP contribution in [0.3, 0.4) is 0 Å². The fraction of sp³-hybridized carbons (Fsp3) is 1.00. The first-order valence-corrected chi connectivity index (χ1v) is 8.45. The van der Waals surface area contributed by atoms with Gasteiger partial charge in [-0.05, 0) is 62.9 Å². The molecule has 2 heteroatoms. The van der Waals surface area contributed by atoms with Gasteiger partial charge in [-0.3, -0.25) is 0 Å². The third-order valence-electron chi connectivity index (χ3n) is 5.43. The first kappa shape index (κ1) is 15.3. The van der Waals surface area contributed by atoms with Gasteiger partial charge in [0.25, 0.3) is 0 Å². The van der Waals surface area contributed by atoms with E-state index in [1.165, 1.54) is 58.2 Å². The van der Waals surface area contributed by atoms with Crippen LogP contribution in [0.4, 0.5) is 0 Å². The third-order valence-corrected chi connectivity index (χ3v) is 5.43. The van der Waals surface area contributed by atoms with Gasteiger partial charge in [0.2, 0.25) is 0 Å². The van der Waals surface area contributed by atoms with Crippen molar-refractivity contribution in [2.75, 3.05) is 26.7 Å². The predicted octanol–water partition coefficient (Wildman–Crippen LogP) is 3.52. The molecule has 0 spiro atoms. The molecule has 2 fully saturated rings. The van der Waals surface area contributed by atoms with E-state index in [-0.39, 0.29) is 0 Å². The zero-order valence-electron chi connectivity index (χ0n) is 13.5. The molecule has 0 bridgehead atoms. The van der Waals surface area contributed by atoms with Crippen molar-refractivity contribution >= 4 is 0 Å². The molecule has 2 saturated carbocycles. The average Bonchev–Trinajstić information content (AvgIpc) is 2.57. The molecule has 0 aromatic heterocycles.